The van der Waals surface area contributed by atoms with Crippen molar-refractivity contribution < 1.29 is 9.59 Å². The van der Waals surface area contributed by atoms with Gasteiger partial charge in [-0.15, -0.1) is 12.4 Å². The summed E-state index contributed by atoms with van der Waals surface area (Å²) in [6.45, 7) is 1.76. The lowest BCUT2D eigenvalue weighted by Gasteiger charge is -2.17. The fourth-order valence-corrected chi connectivity index (χ4v) is 2.45. The van der Waals surface area contributed by atoms with Crippen LogP contribution in [0.5, 0.6) is 0 Å². The van der Waals surface area contributed by atoms with Crippen molar-refractivity contribution in [3.8, 4) is 0 Å². The molecule has 1 unspecified atom stereocenters. The van der Waals surface area contributed by atoms with Crippen LogP contribution in [0.1, 0.15) is 18.9 Å². The summed E-state index contributed by atoms with van der Waals surface area (Å²) in [5, 5.41) is 6.40. The standard InChI is InChI=1S/C16H22N4O2.ClH/c1-10(17)7-15(21)20-14(16(22)18-2)8-11-9-19-13-6-4-3-5-12(11)13;/h3-6,9-10,14,19H,7-8,17H2,1-2H3,(H,18,22)(H,20,21);1H/t10?,14-;/m0./s1. The Kier molecular flexibility index (Phi) is 7.06. The Labute approximate surface area is 141 Å². The molecule has 0 aliphatic rings. The summed E-state index contributed by atoms with van der Waals surface area (Å²) in [6.07, 6.45) is 2.49. The van der Waals surface area contributed by atoms with Gasteiger partial charge >= 0.3 is 0 Å². The Bertz CT molecular complexity index is 669. The number of nitrogens with one attached hydrogen (secondary N) is 3. The van der Waals surface area contributed by atoms with Gasteiger partial charge in [0.05, 0.1) is 0 Å². The van der Waals surface area contributed by atoms with Gasteiger partial charge in [-0.05, 0) is 18.6 Å². The van der Waals surface area contributed by atoms with Crippen molar-refractivity contribution in [1.82, 2.24) is 15.6 Å². The Balaban J connectivity index is 0.00000264. The van der Waals surface area contributed by atoms with Gasteiger partial charge in [0.2, 0.25) is 11.8 Å². The number of hydrogen-bond donors (Lipinski definition) is 4. The lowest BCUT2D eigenvalue weighted by Crippen LogP contribution is -2.47. The summed E-state index contributed by atoms with van der Waals surface area (Å²) < 4.78 is 0. The van der Waals surface area contributed by atoms with Gasteiger partial charge in [-0.3, -0.25) is 9.59 Å². The van der Waals surface area contributed by atoms with Crippen LogP contribution in [0.15, 0.2) is 30.5 Å². The number of H-pyrrole nitrogens is 1. The molecule has 0 radical (unpaired) electrons. The number of para-hydroxylation sites is 1. The van der Waals surface area contributed by atoms with E-state index in [-0.39, 0.29) is 36.7 Å². The average molecular weight is 339 g/mol. The largest absolute Gasteiger partial charge is 0.361 e. The number of benzene rings is 1. The number of carbonyl (C=O) groups excluding carboxylic acids is 2. The van der Waals surface area contributed by atoms with Crippen LogP contribution in [0.4, 0.5) is 0 Å². The Hall–Kier alpha value is -2.05. The van der Waals surface area contributed by atoms with Gasteiger partial charge in [0, 0.05) is 43.0 Å². The summed E-state index contributed by atoms with van der Waals surface area (Å²) in [7, 11) is 1.56. The molecule has 2 amide bonds. The van der Waals surface area contributed by atoms with Gasteiger partial charge in [0.15, 0.2) is 0 Å². The summed E-state index contributed by atoms with van der Waals surface area (Å²) in [4.78, 5) is 27.1. The number of aromatic nitrogens is 1. The SMILES string of the molecule is CNC(=O)[C@H](Cc1c[nH]c2ccccc12)NC(=O)CC(C)N.Cl. The topological polar surface area (TPSA) is 100 Å². The molecule has 0 saturated heterocycles. The van der Waals surface area contributed by atoms with Crippen molar-refractivity contribution in [2.24, 2.45) is 5.73 Å². The lowest BCUT2D eigenvalue weighted by atomic mass is 10.0. The number of nitrogens with two attached hydrogens (primary N) is 1. The van der Waals surface area contributed by atoms with Crippen LogP contribution in [-0.2, 0) is 16.0 Å². The maximum absolute atomic E-state index is 12.0. The fraction of sp³-hybridized carbons (Fsp3) is 0.375. The first-order valence-corrected chi connectivity index (χ1v) is 7.32. The number of carbonyl (C=O) groups is 2. The molecule has 7 heteroatoms. The van der Waals surface area contributed by atoms with Crippen LogP contribution in [0, 0.1) is 0 Å². The number of amides is 2. The molecule has 1 heterocycles. The molecule has 2 atom stereocenters. The number of rotatable bonds is 6. The molecule has 1 aromatic carbocycles. The molecular formula is C16H23ClN4O2. The van der Waals surface area contributed by atoms with E-state index in [1.807, 2.05) is 30.5 Å². The van der Waals surface area contributed by atoms with Crippen LogP contribution >= 0.6 is 12.4 Å². The van der Waals surface area contributed by atoms with E-state index in [0.29, 0.717) is 6.42 Å². The first kappa shape index (κ1) is 19.0. The average Bonchev–Trinajstić information content (AvgIpc) is 2.88. The van der Waals surface area contributed by atoms with Gasteiger partial charge in [-0.1, -0.05) is 18.2 Å². The molecule has 0 spiro atoms. The molecule has 0 fully saturated rings. The molecule has 0 saturated carbocycles. The van der Waals surface area contributed by atoms with E-state index in [2.05, 4.69) is 15.6 Å². The predicted molar refractivity (Wildman–Crippen MR) is 93.5 cm³/mol. The first-order valence-electron chi connectivity index (χ1n) is 7.32. The van der Waals surface area contributed by atoms with Gasteiger partial charge < -0.3 is 21.4 Å². The molecule has 126 valence electrons. The summed E-state index contributed by atoms with van der Waals surface area (Å²) in [6, 6.07) is 7.01. The molecule has 2 aromatic rings. The molecule has 0 aliphatic heterocycles. The second kappa shape index (κ2) is 8.55. The summed E-state index contributed by atoms with van der Waals surface area (Å²) in [5.41, 5.74) is 7.62. The van der Waals surface area contributed by atoms with Crippen LogP contribution in [0.2, 0.25) is 0 Å². The fourth-order valence-electron chi connectivity index (χ4n) is 2.45. The van der Waals surface area contributed by atoms with E-state index in [1.54, 1.807) is 14.0 Å². The van der Waals surface area contributed by atoms with E-state index in [9.17, 15) is 9.59 Å². The maximum atomic E-state index is 12.0. The Morgan fingerprint density at radius 3 is 2.65 bits per heavy atom. The monoisotopic (exact) mass is 338 g/mol. The minimum atomic E-state index is -0.615. The molecule has 23 heavy (non-hydrogen) atoms. The third-order valence-electron chi connectivity index (χ3n) is 3.50. The zero-order valence-corrected chi connectivity index (χ0v) is 14.1. The minimum Gasteiger partial charge on any atom is -0.361 e. The van der Waals surface area contributed by atoms with Crippen molar-refractivity contribution >= 4 is 35.1 Å². The van der Waals surface area contributed by atoms with Gasteiger partial charge in [0.1, 0.15) is 6.04 Å². The van der Waals surface area contributed by atoms with Gasteiger partial charge in [-0.2, -0.15) is 0 Å². The number of hydrogen-bond acceptors (Lipinski definition) is 3. The minimum absolute atomic E-state index is 0. The predicted octanol–water partition coefficient (Wildman–Crippen LogP) is 1.10. The molecule has 5 N–H and O–H groups in total. The Morgan fingerprint density at radius 2 is 2.00 bits per heavy atom. The highest BCUT2D eigenvalue weighted by Crippen LogP contribution is 2.19. The zero-order valence-electron chi connectivity index (χ0n) is 13.3. The molecule has 6 nitrogen and oxygen atoms in total. The highest BCUT2D eigenvalue weighted by Gasteiger charge is 2.21. The van der Waals surface area contributed by atoms with Crippen LogP contribution < -0.4 is 16.4 Å². The zero-order chi connectivity index (χ0) is 16.1. The molecule has 1 aromatic heterocycles. The van der Waals surface area contributed by atoms with E-state index in [0.717, 1.165) is 16.5 Å². The third kappa shape index (κ3) is 4.97. The number of likely N-dealkylation sites (N-methyl/N-ethyl adjacent to an activating group) is 1. The number of halogens is 1. The first-order chi connectivity index (χ1) is 10.5. The number of fused-ring (bicyclic) bond motifs is 1. The van der Waals surface area contributed by atoms with Crippen LogP contribution in [-0.4, -0.2) is 35.9 Å². The Morgan fingerprint density at radius 1 is 1.30 bits per heavy atom. The summed E-state index contributed by atoms with van der Waals surface area (Å²) in [5.74, 6) is -0.438. The number of aromatic amines is 1. The molecular weight excluding hydrogens is 316 g/mol. The van der Waals surface area contributed by atoms with E-state index >= 15 is 0 Å². The molecule has 2 rings (SSSR count). The van der Waals surface area contributed by atoms with Crippen molar-refractivity contribution in [3.63, 3.8) is 0 Å². The highest BCUT2D eigenvalue weighted by atomic mass is 35.5. The van der Waals surface area contributed by atoms with E-state index in [1.165, 1.54) is 0 Å². The second-order valence-electron chi connectivity index (χ2n) is 5.48. The molecule has 0 aliphatic carbocycles. The highest BCUT2D eigenvalue weighted by molar-refractivity contribution is 5.89. The summed E-state index contributed by atoms with van der Waals surface area (Å²) >= 11 is 0. The third-order valence-corrected chi connectivity index (χ3v) is 3.50. The van der Waals surface area contributed by atoms with Crippen molar-refractivity contribution in [2.75, 3.05) is 7.05 Å². The second-order valence-corrected chi connectivity index (χ2v) is 5.48. The van der Waals surface area contributed by atoms with E-state index in [4.69, 9.17) is 5.73 Å². The molecule has 0 bridgehead atoms. The smallest absolute Gasteiger partial charge is 0.242 e. The van der Waals surface area contributed by atoms with Crippen molar-refractivity contribution in [3.05, 3.63) is 36.0 Å². The van der Waals surface area contributed by atoms with Crippen LogP contribution in [0.3, 0.4) is 0 Å². The quantitative estimate of drug-likeness (QED) is 0.634. The van der Waals surface area contributed by atoms with E-state index < -0.39 is 6.04 Å². The normalized spacial score (nSPS) is 13.0. The van der Waals surface area contributed by atoms with Crippen LogP contribution in [0.25, 0.3) is 10.9 Å². The lowest BCUT2D eigenvalue weighted by molar-refractivity contribution is -0.128. The maximum Gasteiger partial charge on any atom is 0.242 e. The van der Waals surface area contributed by atoms with Crippen molar-refractivity contribution in [2.45, 2.75) is 31.8 Å². The van der Waals surface area contributed by atoms with Crippen molar-refractivity contribution in [1.29, 1.82) is 0 Å². The van der Waals surface area contributed by atoms with Gasteiger partial charge in [0.25, 0.3) is 0 Å². The van der Waals surface area contributed by atoms with Gasteiger partial charge in [-0.25, -0.2) is 0 Å².